The van der Waals surface area contributed by atoms with Gasteiger partial charge in [-0.3, -0.25) is 5.10 Å². The summed E-state index contributed by atoms with van der Waals surface area (Å²) in [5.74, 6) is 0. The Morgan fingerprint density at radius 3 is 3.15 bits per heavy atom. The van der Waals surface area contributed by atoms with Crippen LogP contribution in [0, 0.1) is 0 Å². The van der Waals surface area contributed by atoms with Crippen molar-refractivity contribution in [3.05, 3.63) is 30.0 Å². The molecular weight excluding hydrogens is 166 g/mol. The van der Waals surface area contributed by atoms with Crippen LogP contribution >= 0.6 is 0 Å². The van der Waals surface area contributed by atoms with Crippen molar-refractivity contribution >= 4 is 17.0 Å². The van der Waals surface area contributed by atoms with Gasteiger partial charge in [-0.1, -0.05) is 18.2 Å². The molecule has 2 aromatic rings. The van der Waals surface area contributed by atoms with Gasteiger partial charge < -0.3 is 0 Å². The Morgan fingerprint density at radius 2 is 2.31 bits per heavy atom. The number of nitrogens with zero attached hydrogens (tertiary/aromatic N) is 2. The molecular formula is C9H7N3O. The molecule has 0 atom stereocenters. The fourth-order valence-electron chi connectivity index (χ4n) is 1.25. The average molecular weight is 173 g/mol. The number of carbonyl (C=O) groups excluding carboxylic acids is 1. The minimum absolute atomic E-state index is 0.310. The first-order chi connectivity index (χ1) is 6.42. The average Bonchev–Trinajstić information content (AvgIpc) is 2.58. The van der Waals surface area contributed by atoms with Crippen molar-refractivity contribution in [3.63, 3.8) is 0 Å². The van der Waals surface area contributed by atoms with Crippen LogP contribution in [0.1, 0.15) is 5.69 Å². The molecule has 13 heavy (non-hydrogen) atoms. The van der Waals surface area contributed by atoms with Crippen molar-refractivity contribution in [1.29, 1.82) is 0 Å². The molecule has 0 aliphatic rings. The Morgan fingerprint density at radius 1 is 1.46 bits per heavy atom. The van der Waals surface area contributed by atoms with Gasteiger partial charge in [-0.2, -0.15) is 10.1 Å². The van der Waals surface area contributed by atoms with Gasteiger partial charge in [0.2, 0.25) is 6.08 Å². The van der Waals surface area contributed by atoms with Crippen LogP contribution < -0.4 is 0 Å². The monoisotopic (exact) mass is 173 g/mol. The SMILES string of the molecule is O=C=NCc1[nH]nc2ccccc12. The Labute approximate surface area is 74.3 Å². The van der Waals surface area contributed by atoms with Gasteiger partial charge in [-0.05, 0) is 6.07 Å². The standard InChI is InChI=1S/C9H7N3O/c13-6-10-5-9-7-3-1-2-4-8(7)11-12-9/h1-4H,5H2,(H,11,12). The summed E-state index contributed by atoms with van der Waals surface area (Å²) in [6.07, 6.45) is 1.50. The fourth-order valence-corrected chi connectivity index (χ4v) is 1.25. The molecule has 1 aromatic heterocycles. The number of nitrogens with one attached hydrogen (secondary N) is 1. The van der Waals surface area contributed by atoms with E-state index in [4.69, 9.17) is 0 Å². The summed E-state index contributed by atoms with van der Waals surface area (Å²) >= 11 is 0. The van der Waals surface area contributed by atoms with Crippen LogP contribution in [0.2, 0.25) is 0 Å². The molecule has 1 N–H and O–H groups in total. The highest BCUT2D eigenvalue weighted by Gasteiger charge is 2.01. The summed E-state index contributed by atoms with van der Waals surface area (Å²) in [6, 6.07) is 7.68. The maximum atomic E-state index is 9.91. The molecule has 0 unspecified atom stereocenters. The van der Waals surface area contributed by atoms with Crippen LogP contribution in [0.25, 0.3) is 10.9 Å². The molecule has 4 heteroatoms. The molecule has 4 nitrogen and oxygen atoms in total. The van der Waals surface area contributed by atoms with E-state index in [0.29, 0.717) is 6.54 Å². The predicted molar refractivity (Wildman–Crippen MR) is 47.9 cm³/mol. The molecule has 0 amide bonds. The number of aliphatic imine (C=N–C) groups is 1. The molecule has 0 aliphatic heterocycles. The lowest BCUT2D eigenvalue weighted by atomic mass is 10.2. The van der Waals surface area contributed by atoms with E-state index >= 15 is 0 Å². The lowest BCUT2D eigenvalue weighted by Crippen LogP contribution is -1.81. The minimum atomic E-state index is 0.310. The number of rotatable bonds is 2. The van der Waals surface area contributed by atoms with Crippen molar-refractivity contribution < 1.29 is 4.79 Å². The molecule has 0 bridgehead atoms. The van der Waals surface area contributed by atoms with Crippen molar-refractivity contribution in [2.45, 2.75) is 6.54 Å². The third kappa shape index (κ3) is 1.35. The van der Waals surface area contributed by atoms with E-state index in [2.05, 4.69) is 15.2 Å². The molecule has 0 saturated heterocycles. The molecule has 0 spiro atoms. The van der Waals surface area contributed by atoms with E-state index in [1.807, 2.05) is 24.3 Å². The van der Waals surface area contributed by atoms with Gasteiger partial charge in [-0.15, -0.1) is 0 Å². The molecule has 1 aromatic carbocycles. The normalized spacial score (nSPS) is 9.85. The Balaban J connectivity index is 2.51. The molecule has 0 aliphatic carbocycles. The van der Waals surface area contributed by atoms with Crippen molar-refractivity contribution in [3.8, 4) is 0 Å². The molecule has 1 heterocycles. The maximum Gasteiger partial charge on any atom is 0.235 e. The quantitative estimate of drug-likeness (QED) is 0.551. The third-order valence-corrected chi connectivity index (χ3v) is 1.84. The Kier molecular flexibility index (Phi) is 1.90. The van der Waals surface area contributed by atoms with E-state index in [-0.39, 0.29) is 0 Å². The van der Waals surface area contributed by atoms with Crippen LogP contribution in [0.15, 0.2) is 29.3 Å². The minimum Gasteiger partial charge on any atom is -0.279 e. The highest BCUT2D eigenvalue weighted by molar-refractivity contribution is 5.81. The van der Waals surface area contributed by atoms with Gasteiger partial charge in [0.15, 0.2) is 0 Å². The smallest absolute Gasteiger partial charge is 0.235 e. The first-order valence-electron chi connectivity index (χ1n) is 3.87. The lowest BCUT2D eigenvalue weighted by molar-refractivity contribution is 0.562. The highest BCUT2D eigenvalue weighted by Crippen LogP contribution is 2.15. The van der Waals surface area contributed by atoms with Crippen LogP contribution in [0.3, 0.4) is 0 Å². The van der Waals surface area contributed by atoms with Gasteiger partial charge in [0.1, 0.15) is 0 Å². The fraction of sp³-hybridized carbons (Fsp3) is 0.111. The second kappa shape index (κ2) is 3.21. The number of para-hydroxylation sites is 1. The summed E-state index contributed by atoms with van der Waals surface area (Å²) in [4.78, 5) is 13.4. The first-order valence-corrected chi connectivity index (χ1v) is 3.87. The number of benzene rings is 1. The molecule has 2 rings (SSSR count). The lowest BCUT2D eigenvalue weighted by Gasteiger charge is -1.89. The van der Waals surface area contributed by atoms with Crippen LogP contribution in [-0.2, 0) is 11.3 Å². The highest BCUT2D eigenvalue weighted by atomic mass is 16.1. The Hall–Kier alpha value is -1.93. The summed E-state index contributed by atoms with van der Waals surface area (Å²) < 4.78 is 0. The topological polar surface area (TPSA) is 58.1 Å². The van der Waals surface area contributed by atoms with Crippen molar-refractivity contribution in [2.24, 2.45) is 4.99 Å². The van der Waals surface area contributed by atoms with E-state index < -0.39 is 0 Å². The van der Waals surface area contributed by atoms with E-state index in [9.17, 15) is 4.79 Å². The number of isocyanates is 1. The summed E-state index contributed by atoms with van der Waals surface area (Å²) in [5.41, 5.74) is 1.73. The van der Waals surface area contributed by atoms with Gasteiger partial charge in [0, 0.05) is 5.39 Å². The predicted octanol–water partition coefficient (Wildman–Crippen LogP) is 1.40. The van der Waals surface area contributed by atoms with E-state index in [1.54, 1.807) is 0 Å². The van der Waals surface area contributed by atoms with Gasteiger partial charge in [-0.25, -0.2) is 4.79 Å². The van der Waals surface area contributed by atoms with E-state index in [1.165, 1.54) is 6.08 Å². The number of hydrogen-bond acceptors (Lipinski definition) is 3. The van der Waals surface area contributed by atoms with Gasteiger partial charge in [0.05, 0.1) is 17.8 Å². The number of aromatic amines is 1. The van der Waals surface area contributed by atoms with Gasteiger partial charge in [0.25, 0.3) is 0 Å². The third-order valence-electron chi connectivity index (χ3n) is 1.84. The number of hydrogen-bond donors (Lipinski definition) is 1. The molecule has 0 saturated carbocycles. The van der Waals surface area contributed by atoms with Crippen molar-refractivity contribution in [1.82, 2.24) is 10.2 Å². The zero-order valence-electron chi connectivity index (χ0n) is 6.82. The maximum absolute atomic E-state index is 9.91. The zero-order valence-corrected chi connectivity index (χ0v) is 6.82. The van der Waals surface area contributed by atoms with Crippen LogP contribution in [-0.4, -0.2) is 16.3 Å². The zero-order chi connectivity index (χ0) is 9.10. The number of fused-ring (bicyclic) bond motifs is 1. The number of aromatic nitrogens is 2. The van der Waals surface area contributed by atoms with Crippen LogP contribution in [0.5, 0.6) is 0 Å². The largest absolute Gasteiger partial charge is 0.279 e. The summed E-state index contributed by atoms with van der Waals surface area (Å²) in [7, 11) is 0. The summed E-state index contributed by atoms with van der Waals surface area (Å²) in [6.45, 7) is 0.310. The second-order valence-corrected chi connectivity index (χ2v) is 2.63. The second-order valence-electron chi connectivity index (χ2n) is 2.63. The molecule has 0 fully saturated rings. The van der Waals surface area contributed by atoms with Crippen LogP contribution in [0.4, 0.5) is 0 Å². The van der Waals surface area contributed by atoms with Gasteiger partial charge >= 0.3 is 0 Å². The van der Waals surface area contributed by atoms with E-state index in [0.717, 1.165) is 16.6 Å². The Bertz CT molecular complexity index is 468. The first kappa shape index (κ1) is 7.71. The molecule has 64 valence electrons. The van der Waals surface area contributed by atoms with Crippen molar-refractivity contribution in [2.75, 3.05) is 0 Å². The summed E-state index contributed by atoms with van der Waals surface area (Å²) in [5, 5.41) is 7.88. The number of H-pyrrole nitrogens is 1. The molecule has 0 radical (unpaired) electrons.